The third-order valence-electron chi connectivity index (χ3n) is 2.75. The first-order valence-corrected chi connectivity index (χ1v) is 7.54. The number of rotatable bonds is 4. The largest absolute Gasteiger partial charge is 0.417 e. The lowest BCUT2D eigenvalue weighted by Gasteiger charge is -2.13. The van der Waals surface area contributed by atoms with Gasteiger partial charge in [0.2, 0.25) is 0 Å². The van der Waals surface area contributed by atoms with Gasteiger partial charge in [0, 0.05) is 12.7 Å². The summed E-state index contributed by atoms with van der Waals surface area (Å²) in [5, 5.41) is 3.81. The summed E-state index contributed by atoms with van der Waals surface area (Å²) in [4.78, 5) is -1.05. The minimum atomic E-state index is -5.00. The molecule has 1 N–H and O–H groups in total. The van der Waals surface area contributed by atoms with Gasteiger partial charge in [-0.2, -0.15) is 18.3 Å². The zero-order valence-electron chi connectivity index (χ0n) is 11.2. The molecular weight excluding hydrogens is 326 g/mol. The van der Waals surface area contributed by atoms with E-state index >= 15 is 0 Å². The van der Waals surface area contributed by atoms with Crippen molar-refractivity contribution in [2.24, 2.45) is 0 Å². The smallest absolute Gasteiger partial charge is 0.276 e. The summed E-state index contributed by atoms with van der Waals surface area (Å²) in [5.41, 5.74) is -1.55. The molecular formula is C12H11F4N3O2S. The molecule has 1 aromatic carbocycles. The second-order valence-corrected chi connectivity index (χ2v) is 5.98. The number of alkyl halides is 3. The lowest BCUT2D eigenvalue weighted by atomic mass is 10.2. The van der Waals surface area contributed by atoms with Crippen LogP contribution in [0.25, 0.3) is 0 Å². The van der Waals surface area contributed by atoms with E-state index in [9.17, 15) is 26.0 Å². The van der Waals surface area contributed by atoms with Crippen molar-refractivity contribution in [1.29, 1.82) is 0 Å². The number of halogens is 4. The minimum Gasteiger partial charge on any atom is -0.276 e. The average Bonchev–Trinajstić information content (AvgIpc) is 2.84. The van der Waals surface area contributed by atoms with Gasteiger partial charge in [0.15, 0.2) is 0 Å². The van der Waals surface area contributed by atoms with Gasteiger partial charge in [-0.25, -0.2) is 12.8 Å². The average molecular weight is 337 g/mol. The highest BCUT2D eigenvalue weighted by molar-refractivity contribution is 7.92. The number of sulfonamides is 1. The molecule has 0 aliphatic heterocycles. The fourth-order valence-electron chi connectivity index (χ4n) is 1.76. The summed E-state index contributed by atoms with van der Waals surface area (Å²) < 4.78 is 79.3. The molecule has 5 nitrogen and oxygen atoms in total. The fourth-order valence-corrected chi connectivity index (χ4v) is 2.99. The van der Waals surface area contributed by atoms with Gasteiger partial charge in [0.25, 0.3) is 10.0 Å². The van der Waals surface area contributed by atoms with E-state index in [1.807, 2.05) is 4.72 Å². The quantitative estimate of drug-likeness (QED) is 0.873. The second-order valence-electron chi connectivity index (χ2n) is 4.33. The Bertz CT molecular complexity index is 784. The van der Waals surface area contributed by atoms with Crippen LogP contribution in [0.1, 0.15) is 12.5 Å². The molecule has 2 rings (SSSR count). The molecule has 0 aliphatic carbocycles. The molecule has 0 spiro atoms. The van der Waals surface area contributed by atoms with Gasteiger partial charge in [-0.3, -0.25) is 9.40 Å². The summed E-state index contributed by atoms with van der Waals surface area (Å²) in [6.07, 6.45) is -2.51. The van der Waals surface area contributed by atoms with Crippen molar-refractivity contribution in [3.63, 3.8) is 0 Å². The first-order valence-electron chi connectivity index (χ1n) is 6.05. The lowest BCUT2D eigenvalue weighted by Crippen LogP contribution is -2.19. The third kappa shape index (κ3) is 3.38. The molecule has 0 bridgehead atoms. The van der Waals surface area contributed by atoms with Crippen LogP contribution in [0, 0.1) is 5.82 Å². The van der Waals surface area contributed by atoms with Crippen molar-refractivity contribution in [3.8, 4) is 0 Å². The SMILES string of the molecule is CCn1cc(NS(=O)(=O)c2ccc(F)cc2C(F)(F)F)cn1. The molecule has 0 saturated carbocycles. The molecule has 10 heteroatoms. The van der Waals surface area contributed by atoms with E-state index in [2.05, 4.69) is 5.10 Å². The van der Waals surface area contributed by atoms with Crippen LogP contribution in [0.15, 0.2) is 35.5 Å². The zero-order chi connectivity index (χ0) is 16.5. The molecule has 120 valence electrons. The highest BCUT2D eigenvalue weighted by Crippen LogP contribution is 2.35. The highest BCUT2D eigenvalue weighted by atomic mass is 32.2. The lowest BCUT2D eigenvalue weighted by molar-refractivity contribution is -0.140. The predicted octanol–water partition coefficient (Wildman–Crippen LogP) is 2.86. The van der Waals surface area contributed by atoms with Crippen LogP contribution in [-0.4, -0.2) is 18.2 Å². The Labute approximate surface area is 123 Å². The number of benzene rings is 1. The number of nitrogens with one attached hydrogen (secondary N) is 1. The van der Waals surface area contributed by atoms with Gasteiger partial charge in [0.05, 0.1) is 22.3 Å². The number of aryl methyl sites for hydroxylation is 1. The monoisotopic (exact) mass is 337 g/mol. The predicted molar refractivity (Wildman–Crippen MR) is 70.1 cm³/mol. The normalized spacial score (nSPS) is 12.4. The van der Waals surface area contributed by atoms with Crippen LogP contribution in [0.2, 0.25) is 0 Å². The molecule has 0 atom stereocenters. The van der Waals surface area contributed by atoms with E-state index in [1.54, 1.807) is 6.92 Å². The van der Waals surface area contributed by atoms with Crippen LogP contribution < -0.4 is 4.72 Å². The van der Waals surface area contributed by atoms with E-state index in [0.29, 0.717) is 18.7 Å². The van der Waals surface area contributed by atoms with Gasteiger partial charge >= 0.3 is 6.18 Å². The van der Waals surface area contributed by atoms with Gasteiger partial charge in [0.1, 0.15) is 5.82 Å². The maximum absolute atomic E-state index is 13.0. The van der Waals surface area contributed by atoms with Crippen molar-refractivity contribution in [1.82, 2.24) is 9.78 Å². The molecule has 1 aromatic heterocycles. The topological polar surface area (TPSA) is 64.0 Å². The minimum absolute atomic E-state index is 0.0132. The number of hydrogen-bond acceptors (Lipinski definition) is 3. The Hall–Kier alpha value is -2.10. The van der Waals surface area contributed by atoms with Gasteiger partial charge in [-0.05, 0) is 25.1 Å². The van der Waals surface area contributed by atoms with E-state index in [4.69, 9.17) is 0 Å². The van der Waals surface area contributed by atoms with Crippen LogP contribution in [0.4, 0.5) is 23.2 Å². The molecule has 2 aromatic rings. The molecule has 0 aliphatic rings. The second kappa shape index (κ2) is 5.59. The summed E-state index contributed by atoms with van der Waals surface area (Å²) in [6, 6.07) is 1.37. The van der Waals surface area contributed by atoms with Crippen LogP contribution in [-0.2, 0) is 22.7 Å². The van der Waals surface area contributed by atoms with Crippen molar-refractivity contribution in [3.05, 3.63) is 42.0 Å². The summed E-state index contributed by atoms with van der Waals surface area (Å²) in [5.74, 6) is -1.18. The Morgan fingerprint density at radius 2 is 2.00 bits per heavy atom. The molecule has 22 heavy (non-hydrogen) atoms. The van der Waals surface area contributed by atoms with Crippen LogP contribution >= 0.6 is 0 Å². The van der Waals surface area contributed by atoms with E-state index in [-0.39, 0.29) is 11.8 Å². The Morgan fingerprint density at radius 1 is 1.32 bits per heavy atom. The number of hydrogen-bond donors (Lipinski definition) is 1. The molecule has 0 unspecified atom stereocenters. The first kappa shape index (κ1) is 16.3. The van der Waals surface area contributed by atoms with E-state index in [0.717, 1.165) is 6.20 Å². The fraction of sp³-hybridized carbons (Fsp3) is 0.250. The molecule has 1 heterocycles. The molecule has 0 saturated heterocycles. The maximum Gasteiger partial charge on any atom is 0.417 e. The zero-order valence-corrected chi connectivity index (χ0v) is 12.0. The molecule has 0 fully saturated rings. The highest BCUT2D eigenvalue weighted by Gasteiger charge is 2.37. The van der Waals surface area contributed by atoms with Gasteiger partial charge < -0.3 is 0 Å². The van der Waals surface area contributed by atoms with Crippen LogP contribution in [0.5, 0.6) is 0 Å². The van der Waals surface area contributed by atoms with Crippen molar-refractivity contribution in [2.45, 2.75) is 24.5 Å². The Kier molecular flexibility index (Phi) is 4.14. The third-order valence-corrected chi connectivity index (χ3v) is 4.19. The number of nitrogens with zero attached hydrogens (tertiary/aromatic N) is 2. The van der Waals surface area contributed by atoms with E-state index < -0.39 is 32.5 Å². The number of anilines is 1. The number of aromatic nitrogens is 2. The summed E-state index contributed by atoms with van der Waals surface area (Å²) in [6.45, 7) is 2.22. The Morgan fingerprint density at radius 3 is 2.55 bits per heavy atom. The molecule has 0 radical (unpaired) electrons. The van der Waals surface area contributed by atoms with Crippen molar-refractivity contribution in [2.75, 3.05) is 4.72 Å². The van der Waals surface area contributed by atoms with E-state index in [1.165, 1.54) is 10.9 Å². The van der Waals surface area contributed by atoms with Crippen molar-refractivity contribution < 1.29 is 26.0 Å². The Balaban J connectivity index is 2.45. The van der Waals surface area contributed by atoms with Crippen molar-refractivity contribution >= 4 is 15.7 Å². The molecule has 0 amide bonds. The standard InChI is InChI=1S/C12H11F4N3O2S/c1-2-19-7-9(6-17-19)18-22(20,21)11-4-3-8(13)5-10(11)12(14,15)16/h3-7,18H,2H2,1H3. The maximum atomic E-state index is 13.0. The van der Waals surface area contributed by atoms with Gasteiger partial charge in [-0.15, -0.1) is 0 Å². The van der Waals surface area contributed by atoms with Gasteiger partial charge in [-0.1, -0.05) is 0 Å². The summed E-state index contributed by atoms with van der Waals surface area (Å²) in [7, 11) is -4.53. The summed E-state index contributed by atoms with van der Waals surface area (Å²) >= 11 is 0. The van der Waals surface area contributed by atoms with Crippen LogP contribution in [0.3, 0.4) is 0 Å². The first-order chi connectivity index (χ1) is 10.1.